The minimum atomic E-state index is 0.401. The van der Waals surface area contributed by atoms with Crippen molar-refractivity contribution >= 4 is 0 Å². The van der Waals surface area contributed by atoms with Crippen LogP contribution in [0.3, 0.4) is 0 Å². The van der Waals surface area contributed by atoms with Crippen molar-refractivity contribution in [1.29, 1.82) is 0 Å². The summed E-state index contributed by atoms with van der Waals surface area (Å²) in [4.78, 5) is 0. The predicted molar refractivity (Wildman–Crippen MR) is 80.6 cm³/mol. The monoisotopic (exact) mass is 275 g/mol. The maximum atomic E-state index is 6.06. The number of piperidine rings is 1. The molecule has 0 bridgehead atoms. The number of nitrogens with one attached hydrogen (secondary N) is 1. The van der Waals surface area contributed by atoms with Gasteiger partial charge in [-0.05, 0) is 75.2 Å². The van der Waals surface area contributed by atoms with E-state index in [2.05, 4.69) is 23.5 Å². The molecule has 1 aromatic carbocycles. The van der Waals surface area contributed by atoms with Gasteiger partial charge < -0.3 is 14.8 Å². The Morgan fingerprint density at radius 2 is 1.90 bits per heavy atom. The molecular weight excluding hydrogens is 250 g/mol. The molecule has 0 aromatic heterocycles. The molecule has 3 rings (SSSR count). The van der Waals surface area contributed by atoms with E-state index in [9.17, 15) is 0 Å². The Hall–Kier alpha value is -1.22. The van der Waals surface area contributed by atoms with Crippen LogP contribution in [0.1, 0.15) is 37.7 Å². The van der Waals surface area contributed by atoms with Gasteiger partial charge in [-0.3, -0.25) is 0 Å². The van der Waals surface area contributed by atoms with E-state index in [-0.39, 0.29) is 0 Å². The Kier molecular flexibility index (Phi) is 4.46. The summed E-state index contributed by atoms with van der Waals surface area (Å²) in [5, 5.41) is 3.43. The number of hydrogen-bond donors (Lipinski definition) is 1. The predicted octanol–water partition coefficient (Wildman–Crippen LogP) is 3.17. The number of benzene rings is 1. The Morgan fingerprint density at radius 3 is 2.55 bits per heavy atom. The number of hydrogen-bond acceptors (Lipinski definition) is 3. The zero-order valence-electron chi connectivity index (χ0n) is 12.4. The molecule has 0 unspecified atom stereocenters. The lowest BCUT2D eigenvalue weighted by atomic mass is 9.91. The first-order valence-corrected chi connectivity index (χ1v) is 7.89. The molecule has 3 nitrogen and oxygen atoms in total. The van der Waals surface area contributed by atoms with Gasteiger partial charge in [0.05, 0.1) is 13.2 Å². The summed E-state index contributed by atoms with van der Waals surface area (Å²) in [6, 6.07) is 6.44. The lowest BCUT2D eigenvalue weighted by Gasteiger charge is -2.28. The van der Waals surface area contributed by atoms with Gasteiger partial charge in [0, 0.05) is 0 Å². The third kappa shape index (κ3) is 3.26. The van der Waals surface area contributed by atoms with Crippen molar-refractivity contribution in [3.8, 4) is 11.5 Å². The molecule has 0 spiro atoms. The first kappa shape index (κ1) is 13.7. The maximum Gasteiger partial charge on any atom is 0.161 e. The standard InChI is InChI=1S/C17H25NO2/c1-19-16-6-5-14(11-13-7-9-18-10-8-13)12-17(16)20-15-3-2-4-15/h5-6,12-13,15,18H,2-4,7-11H2,1H3. The van der Waals surface area contributed by atoms with E-state index >= 15 is 0 Å². The average molecular weight is 275 g/mol. The van der Waals surface area contributed by atoms with Crippen LogP contribution in [0.15, 0.2) is 18.2 Å². The highest BCUT2D eigenvalue weighted by atomic mass is 16.5. The summed E-state index contributed by atoms with van der Waals surface area (Å²) in [5.41, 5.74) is 1.38. The van der Waals surface area contributed by atoms with Gasteiger partial charge in [-0.25, -0.2) is 0 Å². The Labute approximate surface area is 121 Å². The fourth-order valence-electron chi connectivity index (χ4n) is 3.03. The van der Waals surface area contributed by atoms with E-state index in [4.69, 9.17) is 9.47 Å². The zero-order valence-corrected chi connectivity index (χ0v) is 12.4. The molecule has 2 aliphatic rings. The molecule has 20 heavy (non-hydrogen) atoms. The van der Waals surface area contributed by atoms with E-state index in [0.717, 1.165) is 36.9 Å². The molecule has 1 saturated carbocycles. The topological polar surface area (TPSA) is 30.5 Å². The van der Waals surface area contributed by atoms with Crippen molar-refractivity contribution in [2.75, 3.05) is 20.2 Å². The second-order valence-corrected chi connectivity index (χ2v) is 6.05. The van der Waals surface area contributed by atoms with Crippen LogP contribution in [-0.2, 0) is 6.42 Å². The van der Waals surface area contributed by atoms with Crippen LogP contribution in [0.5, 0.6) is 11.5 Å². The minimum Gasteiger partial charge on any atom is -0.493 e. The molecule has 0 amide bonds. The van der Waals surface area contributed by atoms with E-state index in [1.807, 2.05) is 0 Å². The molecule has 1 aromatic rings. The first-order valence-electron chi connectivity index (χ1n) is 7.89. The summed E-state index contributed by atoms with van der Waals surface area (Å²) in [6.45, 7) is 2.32. The van der Waals surface area contributed by atoms with E-state index in [0.29, 0.717) is 6.10 Å². The molecule has 1 aliphatic heterocycles. The van der Waals surface area contributed by atoms with Crippen molar-refractivity contribution in [3.05, 3.63) is 23.8 Å². The third-order valence-electron chi connectivity index (χ3n) is 4.56. The van der Waals surface area contributed by atoms with Crippen molar-refractivity contribution < 1.29 is 9.47 Å². The average Bonchev–Trinajstić information content (AvgIpc) is 2.44. The highest BCUT2D eigenvalue weighted by Crippen LogP contribution is 2.34. The number of methoxy groups -OCH3 is 1. The summed E-state index contributed by atoms with van der Waals surface area (Å²) >= 11 is 0. The van der Waals surface area contributed by atoms with E-state index in [1.165, 1.54) is 37.7 Å². The Bertz CT molecular complexity index is 437. The molecule has 0 atom stereocenters. The van der Waals surface area contributed by atoms with Crippen LogP contribution in [0.25, 0.3) is 0 Å². The van der Waals surface area contributed by atoms with Crippen LogP contribution in [-0.4, -0.2) is 26.3 Å². The van der Waals surface area contributed by atoms with Crippen LogP contribution < -0.4 is 14.8 Å². The summed E-state index contributed by atoms with van der Waals surface area (Å²) in [6.07, 6.45) is 7.78. The molecule has 3 heteroatoms. The SMILES string of the molecule is COc1ccc(CC2CCNCC2)cc1OC1CCC1. The number of ether oxygens (including phenoxy) is 2. The molecule has 1 saturated heterocycles. The molecule has 1 N–H and O–H groups in total. The second-order valence-electron chi connectivity index (χ2n) is 6.05. The van der Waals surface area contributed by atoms with Gasteiger partial charge in [0.2, 0.25) is 0 Å². The van der Waals surface area contributed by atoms with Crippen LogP contribution in [0.4, 0.5) is 0 Å². The van der Waals surface area contributed by atoms with Gasteiger partial charge in [-0.15, -0.1) is 0 Å². The van der Waals surface area contributed by atoms with Crippen molar-refractivity contribution in [1.82, 2.24) is 5.32 Å². The van der Waals surface area contributed by atoms with Crippen LogP contribution >= 0.6 is 0 Å². The van der Waals surface area contributed by atoms with Crippen molar-refractivity contribution in [2.24, 2.45) is 5.92 Å². The summed E-state index contributed by atoms with van der Waals surface area (Å²) in [7, 11) is 1.72. The zero-order chi connectivity index (χ0) is 13.8. The van der Waals surface area contributed by atoms with E-state index < -0.39 is 0 Å². The van der Waals surface area contributed by atoms with Gasteiger partial charge in [0.25, 0.3) is 0 Å². The third-order valence-corrected chi connectivity index (χ3v) is 4.56. The largest absolute Gasteiger partial charge is 0.493 e. The minimum absolute atomic E-state index is 0.401. The van der Waals surface area contributed by atoms with Gasteiger partial charge >= 0.3 is 0 Å². The first-order chi connectivity index (χ1) is 9.85. The lowest BCUT2D eigenvalue weighted by Crippen LogP contribution is -2.28. The summed E-state index contributed by atoms with van der Waals surface area (Å²) < 4.78 is 11.5. The highest BCUT2D eigenvalue weighted by Gasteiger charge is 2.21. The Balaban J connectivity index is 1.68. The van der Waals surface area contributed by atoms with E-state index in [1.54, 1.807) is 7.11 Å². The molecular formula is C17H25NO2. The van der Waals surface area contributed by atoms with Gasteiger partial charge in [0.1, 0.15) is 0 Å². The molecule has 1 heterocycles. The highest BCUT2D eigenvalue weighted by molar-refractivity contribution is 5.43. The molecule has 0 radical (unpaired) electrons. The normalized spacial score (nSPS) is 20.4. The number of rotatable bonds is 5. The van der Waals surface area contributed by atoms with Crippen LogP contribution in [0, 0.1) is 5.92 Å². The van der Waals surface area contributed by atoms with Crippen molar-refractivity contribution in [2.45, 2.75) is 44.6 Å². The van der Waals surface area contributed by atoms with Gasteiger partial charge in [0.15, 0.2) is 11.5 Å². The molecule has 2 fully saturated rings. The second kappa shape index (κ2) is 6.49. The Morgan fingerprint density at radius 1 is 1.10 bits per heavy atom. The van der Waals surface area contributed by atoms with Crippen molar-refractivity contribution in [3.63, 3.8) is 0 Å². The summed E-state index contributed by atoms with van der Waals surface area (Å²) in [5.74, 6) is 2.61. The fourth-order valence-corrected chi connectivity index (χ4v) is 3.03. The molecule has 1 aliphatic carbocycles. The fraction of sp³-hybridized carbons (Fsp3) is 0.647. The smallest absolute Gasteiger partial charge is 0.161 e. The van der Waals surface area contributed by atoms with Crippen LogP contribution in [0.2, 0.25) is 0 Å². The quantitative estimate of drug-likeness (QED) is 0.895. The maximum absolute atomic E-state index is 6.06. The lowest BCUT2D eigenvalue weighted by molar-refractivity contribution is 0.116. The van der Waals surface area contributed by atoms with Gasteiger partial charge in [-0.2, -0.15) is 0 Å². The van der Waals surface area contributed by atoms with Gasteiger partial charge in [-0.1, -0.05) is 6.07 Å². The molecule has 110 valence electrons.